The molecule has 6 nitrogen and oxygen atoms in total. The monoisotopic (exact) mass is 291 g/mol. The summed E-state index contributed by atoms with van der Waals surface area (Å²) in [7, 11) is 0. The molecule has 104 valence electrons. The zero-order valence-electron chi connectivity index (χ0n) is 10.8. The first-order chi connectivity index (χ1) is 9.70. The summed E-state index contributed by atoms with van der Waals surface area (Å²) in [4.78, 5) is 16.8. The molecule has 0 aliphatic carbocycles. The predicted octanol–water partition coefficient (Wildman–Crippen LogP) is 2.34. The van der Waals surface area contributed by atoms with E-state index in [0.29, 0.717) is 23.9 Å². The van der Waals surface area contributed by atoms with E-state index in [2.05, 4.69) is 4.98 Å². The predicted molar refractivity (Wildman–Crippen MR) is 75.5 cm³/mol. The van der Waals surface area contributed by atoms with E-state index in [4.69, 9.17) is 14.9 Å². The Morgan fingerprint density at radius 3 is 3.15 bits per heavy atom. The second kappa shape index (κ2) is 5.01. The lowest BCUT2D eigenvalue weighted by Crippen LogP contribution is -2.09. The molecule has 0 unspecified atom stereocenters. The van der Waals surface area contributed by atoms with Gasteiger partial charge in [-0.1, -0.05) is 0 Å². The van der Waals surface area contributed by atoms with Crippen LogP contribution in [-0.2, 0) is 16.0 Å². The number of hydrogen-bond acceptors (Lipinski definition) is 6. The summed E-state index contributed by atoms with van der Waals surface area (Å²) in [6.45, 7) is 2.14. The maximum absolute atomic E-state index is 11.6. The zero-order chi connectivity index (χ0) is 14.1. The molecule has 0 aliphatic heterocycles. The first kappa shape index (κ1) is 12.7. The molecule has 3 aromatic heterocycles. The molecule has 0 bridgehead atoms. The maximum atomic E-state index is 11.6. The molecule has 0 spiro atoms. The van der Waals surface area contributed by atoms with E-state index in [0.717, 1.165) is 10.7 Å². The lowest BCUT2D eigenvalue weighted by molar-refractivity contribution is -0.142. The van der Waals surface area contributed by atoms with Crippen molar-refractivity contribution in [3.63, 3.8) is 0 Å². The van der Waals surface area contributed by atoms with Gasteiger partial charge in [-0.2, -0.15) is 0 Å². The highest BCUT2D eigenvalue weighted by molar-refractivity contribution is 7.15. The normalized spacial score (nSPS) is 11.1. The average Bonchev–Trinajstić information content (AvgIpc) is 3.09. The second-order valence-corrected chi connectivity index (χ2v) is 4.99. The molecule has 0 saturated carbocycles. The Kier molecular flexibility index (Phi) is 3.19. The second-order valence-electron chi connectivity index (χ2n) is 4.15. The molecule has 7 heteroatoms. The number of aromatic nitrogens is 2. The van der Waals surface area contributed by atoms with Crippen LogP contribution >= 0.6 is 11.3 Å². The lowest BCUT2D eigenvalue weighted by Gasteiger charge is -2.02. The third-order valence-electron chi connectivity index (χ3n) is 2.86. The van der Waals surface area contributed by atoms with Gasteiger partial charge in [-0.15, -0.1) is 11.3 Å². The van der Waals surface area contributed by atoms with Crippen molar-refractivity contribution < 1.29 is 13.9 Å². The molecule has 3 rings (SSSR count). The number of carbonyl (C=O) groups excluding carboxylic acids is 1. The number of thiazole rings is 1. The summed E-state index contributed by atoms with van der Waals surface area (Å²) < 4.78 is 12.0. The van der Waals surface area contributed by atoms with Crippen molar-refractivity contribution in [1.82, 2.24) is 9.38 Å². The lowest BCUT2D eigenvalue weighted by atomic mass is 10.3. The molecule has 0 atom stereocenters. The Hall–Kier alpha value is -2.28. The van der Waals surface area contributed by atoms with Gasteiger partial charge in [0.25, 0.3) is 0 Å². The quantitative estimate of drug-likeness (QED) is 0.746. The average molecular weight is 291 g/mol. The van der Waals surface area contributed by atoms with Crippen LogP contribution in [0.5, 0.6) is 0 Å². The van der Waals surface area contributed by atoms with Crippen molar-refractivity contribution in [3.05, 3.63) is 29.5 Å². The minimum absolute atomic E-state index is 0.173. The number of ether oxygens (including phenoxy) is 1. The summed E-state index contributed by atoms with van der Waals surface area (Å²) in [6, 6.07) is 3.58. The molecule has 0 saturated heterocycles. The Bertz CT molecular complexity index is 742. The number of hydrogen-bond donors (Lipinski definition) is 1. The third-order valence-corrected chi connectivity index (χ3v) is 3.73. The van der Waals surface area contributed by atoms with Crippen molar-refractivity contribution in [3.8, 4) is 11.5 Å². The Morgan fingerprint density at radius 2 is 2.45 bits per heavy atom. The maximum Gasteiger partial charge on any atom is 0.311 e. The third kappa shape index (κ3) is 2.05. The van der Waals surface area contributed by atoms with Crippen LogP contribution in [0.1, 0.15) is 12.6 Å². The van der Waals surface area contributed by atoms with Crippen LogP contribution in [-0.4, -0.2) is 22.0 Å². The molecule has 0 aromatic carbocycles. The molecular weight excluding hydrogens is 278 g/mol. The molecule has 3 heterocycles. The summed E-state index contributed by atoms with van der Waals surface area (Å²) >= 11 is 1.43. The topological polar surface area (TPSA) is 82.8 Å². The number of furan rings is 1. The van der Waals surface area contributed by atoms with Crippen LogP contribution < -0.4 is 5.73 Å². The van der Waals surface area contributed by atoms with E-state index in [1.165, 1.54) is 11.3 Å². The number of esters is 1. The molecule has 0 radical (unpaired) electrons. The summed E-state index contributed by atoms with van der Waals surface area (Å²) in [5.41, 5.74) is 7.48. The zero-order valence-corrected chi connectivity index (χ0v) is 11.6. The van der Waals surface area contributed by atoms with E-state index in [-0.39, 0.29) is 12.4 Å². The van der Waals surface area contributed by atoms with E-state index >= 15 is 0 Å². The Balaban J connectivity index is 2.01. The van der Waals surface area contributed by atoms with Gasteiger partial charge in [0.1, 0.15) is 11.5 Å². The Labute approximate surface area is 118 Å². The Morgan fingerprint density at radius 1 is 1.60 bits per heavy atom. The van der Waals surface area contributed by atoms with Crippen LogP contribution in [0, 0.1) is 0 Å². The number of anilines is 1. The van der Waals surface area contributed by atoms with E-state index in [1.54, 1.807) is 29.7 Å². The standard InChI is InChI=1S/C13H13N3O3S/c1-2-18-10(17)6-8-7-20-13-15-11(12(14)16(8)13)9-4-3-5-19-9/h3-5,7H,2,6,14H2,1H3. The van der Waals surface area contributed by atoms with E-state index in [9.17, 15) is 4.79 Å². The smallest absolute Gasteiger partial charge is 0.311 e. The first-order valence-electron chi connectivity index (χ1n) is 6.14. The number of rotatable bonds is 4. The molecule has 0 amide bonds. The summed E-state index contributed by atoms with van der Waals surface area (Å²) in [6.07, 6.45) is 1.74. The van der Waals surface area contributed by atoms with Crippen molar-refractivity contribution >= 4 is 28.1 Å². The molecule has 2 N–H and O–H groups in total. The molecule has 0 aliphatic rings. The van der Waals surface area contributed by atoms with Crippen LogP contribution in [0.25, 0.3) is 16.4 Å². The highest BCUT2D eigenvalue weighted by Gasteiger charge is 2.18. The number of carbonyl (C=O) groups is 1. The number of fused-ring (bicyclic) bond motifs is 1. The van der Waals surface area contributed by atoms with Gasteiger partial charge in [0.15, 0.2) is 10.7 Å². The van der Waals surface area contributed by atoms with Gasteiger partial charge in [0.2, 0.25) is 0 Å². The SMILES string of the molecule is CCOC(=O)Cc1csc2nc(-c3ccco3)c(N)n12. The molecular formula is C13H13N3O3S. The van der Waals surface area contributed by atoms with Gasteiger partial charge in [0.05, 0.1) is 19.3 Å². The number of imidazole rings is 1. The van der Waals surface area contributed by atoms with Gasteiger partial charge >= 0.3 is 5.97 Å². The fourth-order valence-electron chi connectivity index (χ4n) is 2.02. The van der Waals surface area contributed by atoms with Crippen LogP contribution in [0.2, 0.25) is 0 Å². The van der Waals surface area contributed by atoms with Gasteiger partial charge < -0.3 is 14.9 Å². The van der Waals surface area contributed by atoms with Crippen molar-refractivity contribution in [2.75, 3.05) is 12.3 Å². The fraction of sp³-hybridized carbons (Fsp3) is 0.231. The number of nitrogens with two attached hydrogens (primary N) is 1. The van der Waals surface area contributed by atoms with Crippen LogP contribution in [0.4, 0.5) is 5.82 Å². The van der Waals surface area contributed by atoms with Gasteiger partial charge in [-0.3, -0.25) is 9.20 Å². The van der Waals surface area contributed by atoms with Crippen LogP contribution in [0.15, 0.2) is 28.2 Å². The first-order valence-corrected chi connectivity index (χ1v) is 7.02. The van der Waals surface area contributed by atoms with Crippen molar-refractivity contribution in [2.24, 2.45) is 0 Å². The highest BCUT2D eigenvalue weighted by Crippen LogP contribution is 2.30. The number of nitrogens with zero attached hydrogens (tertiary/aromatic N) is 2. The van der Waals surface area contributed by atoms with E-state index in [1.807, 2.05) is 5.38 Å². The molecule has 20 heavy (non-hydrogen) atoms. The molecule has 3 aromatic rings. The molecule has 0 fully saturated rings. The van der Waals surface area contributed by atoms with Gasteiger partial charge in [-0.05, 0) is 19.1 Å². The van der Waals surface area contributed by atoms with Crippen molar-refractivity contribution in [2.45, 2.75) is 13.3 Å². The summed E-state index contributed by atoms with van der Waals surface area (Å²) in [5.74, 6) is 0.802. The largest absolute Gasteiger partial charge is 0.466 e. The minimum atomic E-state index is -0.278. The fourth-order valence-corrected chi connectivity index (χ4v) is 2.91. The van der Waals surface area contributed by atoms with Gasteiger partial charge in [0, 0.05) is 11.1 Å². The number of nitrogen functional groups attached to an aromatic ring is 1. The van der Waals surface area contributed by atoms with Crippen LogP contribution in [0.3, 0.4) is 0 Å². The van der Waals surface area contributed by atoms with E-state index < -0.39 is 0 Å². The minimum Gasteiger partial charge on any atom is -0.466 e. The highest BCUT2D eigenvalue weighted by atomic mass is 32.1. The van der Waals surface area contributed by atoms with Gasteiger partial charge in [-0.25, -0.2) is 4.98 Å². The van der Waals surface area contributed by atoms with Crippen molar-refractivity contribution in [1.29, 1.82) is 0 Å². The summed E-state index contributed by atoms with van der Waals surface area (Å²) in [5, 5.41) is 1.86.